The summed E-state index contributed by atoms with van der Waals surface area (Å²) in [5.41, 5.74) is 7.68. The predicted octanol–water partition coefficient (Wildman–Crippen LogP) is 3.63. The Hall–Kier alpha value is -3.11. The molecule has 0 fully saturated rings. The molecule has 3 rings (SSSR count). The van der Waals surface area contributed by atoms with Crippen LogP contribution in [0, 0.1) is 19.7 Å². The lowest BCUT2D eigenvalue weighted by atomic mass is 9.89. The van der Waals surface area contributed by atoms with Gasteiger partial charge in [-0.3, -0.25) is 14.8 Å². The summed E-state index contributed by atoms with van der Waals surface area (Å²) in [7, 11) is 0. The maximum atomic E-state index is 14.0. The second-order valence-corrected chi connectivity index (χ2v) is 8.34. The number of anilines is 1. The standard InChI is InChI=1S/C13H18FN3OS.C9H10N4/c1-13(16-2,5-6-19-8-15)11-7-10(17-9-18)3-4-12(11)14;1-7-3-12-13(6-7)9-5-10-8(2)4-11-9/h3-4,7,9H,2,5-6,8,15H2,1H3,(H,17,18);3-6H,1-2H3/t13-;/m0./s1. The van der Waals surface area contributed by atoms with Crippen molar-refractivity contribution in [1.82, 2.24) is 19.7 Å². The first-order chi connectivity index (χ1) is 15.3. The number of nitrogens with two attached hydrogens (primary N) is 1. The summed E-state index contributed by atoms with van der Waals surface area (Å²) in [6, 6.07) is 4.41. The van der Waals surface area contributed by atoms with Gasteiger partial charge < -0.3 is 11.1 Å². The summed E-state index contributed by atoms with van der Waals surface area (Å²) in [6.45, 7) is 9.28. The molecule has 0 radical (unpaired) electrons. The lowest BCUT2D eigenvalue weighted by Gasteiger charge is -2.26. The van der Waals surface area contributed by atoms with Crippen molar-refractivity contribution in [2.75, 3.05) is 16.9 Å². The SMILES string of the molecule is C=N[C@@](C)(CCSCN)c1cc(NC=O)ccc1F.Cc1cnn(-c2cnc(C)cn2)c1. The zero-order valence-electron chi connectivity index (χ0n) is 18.5. The van der Waals surface area contributed by atoms with Crippen molar-refractivity contribution in [2.45, 2.75) is 32.7 Å². The Morgan fingerprint density at radius 1 is 1.31 bits per heavy atom. The van der Waals surface area contributed by atoms with Crippen LogP contribution in [-0.4, -0.2) is 44.5 Å². The van der Waals surface area contributed by atoms with Gasteiger partial charge in [-0.1, -0.05) is 0 Å². The lowest BCUT2D eigenvalue weighted by Crippen LogP contribution is -2.22. The third-order valence-electron chi connectivity index (χ3n) is 4.69. The van der Waals surface area contributed by atoms with Crippen LogP contribution in [-0.2, 0) is 10.3 Å². The van der Waals surface area contributed by atoms with Gasteiger partial charge in [0.05, 0.1) is 29.8 Å². The smallest absolute Gasteiger partial charge is 0.211 e. The van der Waals surface area contributed by atoms with Gasteiger partial charge in [0.2, 0.25) is 6.41 Å². The monoisotopic (exact) mass is 457 g/mol. The Morgan fingerprint density at radius 3 is 2.66 bits per heavy atom. The Morgan fingerprint density at radius 2 is 2.09 bits per heavy atom. The van der Waals surface area contributed by atoms with E-state index in [0.717, 1.165) is 22.8 Å². The Bertz CT molecular complexity index is 1030. The fraction of sp³-hybridized carbons (Fsp3) is 0.318. The van der Waals surface area contributed by atoms with Gasteiger partial charge in [0.1, 0.15) is 5.82 Å². The minimum absolute atomic E-state index is 0.357. The van der Waals surface area contributed by atoms with Crippen LogP contribution in [0.2, 0.25) is 0 Å². The van der Waals surface area contributed by atoms with E-state index in [1.54, 1.807) is 41.1 Å². The van der Waals surface area contributed by atoms with Crippen LogP contribution in [0.25, 0.3) is 5.82 Å². The van der Waals surface area contributed by atoms with E-state index < -0.39 is 5.54 Å². The van der Waals surface area contributed by atoms with E-state index in [1.165, 1.54) is 12.1 Å². The average molecular weight is 458 g/mol. The molecule has 0 bridgehead atoms. The van der Waals surface area contributed by atoms with Crippen molar-refractivity contribution < 1.29 is 9.18 Å². The summed E-state index contributed by atoms with van der Waals surface area (Å²) in [4.78, 5) is 22.8. The van der Waals surface area contributed by atoms with E-state index in [4.69, 9.17) is 5.73 Å². The fourth-order valence-corrected chi connectivity index (χ4v) is 3.50. The van der Waals surface area contributed by atoms with Gasteiger partial charge in [0.15, 0.2) is 5.82 Å². The Labute approximate surface area is 191 Å². The van der Waals surface area contributed by atoms with Gasteiger partial charge in [-0.25, -0.2) is 14.1 Å². The second-order valence-electron chi connectivity index (χ2n) is 7.19. The number of nitrogens with zero attached hydrogens (tertiary/aromatic N) is 5. The van der Waals surface area contributed by atoms with Crippen LogP contribution in [0.3, 0.4) is 0 Å². The molecule has 2 aromatic heterocycles. The first kappa shape index (κ1) is 25.2. The maximum Gasteiger partial charge on any atom is 0.211 e. The minimum atomic E-state index is -0.729. The highest BCUT2D eigenvalue weighted by Crippen LogP contribution is 2.33. The molecule has 1 atom stereocenters. The summed E-state index contributed by atoms with van der Waals surface area (Å²) < 4.78 is 15.7. The average Bonchev–Trinajstić information content (AvgIpc) is 3.22. The number of thioether (sulfide) groups is 1. The topological polar surface area (TPSA) is 111 Å². The van der Waals surface area contributed by atoms with Gasteiger partial charge in [-0.15, -0.1) is 11.8 Å². The van der Waals surface area contributed by atoms with Crippen molar-refractivity contribution in [3.8, 4) is 5.82 Å². The largest absolute Gasteiger partial charge is 0.329 e. The lowest BCUT2D eigenvalue weighted by molar-refractivity contribution is -0.105. The van der Waals surface area contributed by atoms with Gasteiger partial charge in [0.25, 0.3) is 0 Å². The summed E-state index contributed by atoms with van der Waals surface area (Å²) >= 11 is 1.56. The number of aryl methyl sites for hydroxylation is 2. The molecule has 0 unspecified atom stereocenters. The number of aliphatic imine (C=N–C) groups is 1. The van der Waals surface area contributed by atoms with Crippen LogP contribution in [0.1, 0.15) is 30.2 Å². The van der Waals surface area contributed by atoms with Crippen LogP contribution < -0.4 is 11.1 Å². The molecule has 170 valence electrons. The molecule has 0 saturated carbocycles. The molecule has 1 aromatic carbocycles. The number of carbonyl (C=O) groups excluding carboxylic acids is 1. The first-order valence-electron chi connectivity index (χ1n) is 9.89. The second kappa shape index (κ2) is 12.1. The van der Waals surface area contributed by atoms with E-state index in [1.807, 2.05) is 27.0 Å². The molecule has 2 heterocycles. The maximum absolute atomic E-state index is 14.0. The van der Waals surface area contributed by atoms with Crippen molar-refractivity contribution in [3.05, 3.63) is 65.6 Å². The molecule has 32 heavy (non-hydrogen) atoms. The number of hydrogen-bond acceptors (Lipinski definition) is 7. The summed E-state index contributed by atoms with van der Waals surface area (Å²) in [5.74, 6) is 1.67. The van der Waals surface area contributed by atoms with Gasteiger partial charge in [-0.05, 0) is 63.4 Å². The van der Waals surface area contributed by atoms with Gasteiger partial charge in [-0.2, -0.15) is 5.10 Å². The highest BCUT2D eigenvalue weighted by atomic mass is 32.2. The van der Waals surface area contributed by atoms with Crippen LogP contribution in [0.15, 0.2) is 48.0 Å². The first-order valence-corrected chi connectivity index (χ1v) is 11.0. The minimum Gasteiger partial charge on any atom is -0.329 e. The molecule has 3 aromatic rings. The van der Waals surface area contributed by atoms with Crippen LogP contribution in [0.5, 0.6) is 0 Å². The van der Waals surface area contributed by atoms with Crippen LogP contribution in [0.4, 0.5) is 10.1 Å². The number of carbonyl (C=O) groups is 1. The van der Waals surface area contributed by atoms with E-state index in [2.05, 4.69) is 32.1 Å². The number of aromatic nitrogens is 4. The Kier molecular flexibility index (Phi) is 9.48. The van der Waals surface area contributed by atoms with Gasteiger partial charge in [0, 0.05) is 23.3 Å². The highest BCUT2D eigenvalue weighted by molar-refractivity contribution is 7.99. The van der Waals surface area contributed by atoms with E-state index in [-0.39, 0.29) is 5.82 Å². The van der Waals surface area contributed by atoms with Gasteiger partial charge >= 0.3 is 0 Å². The molecule has 0 aliphatic carbocycles. The number of amides is 1. The summed E-state index contributed by atoms with van der Waals surface area (Å²) in [6.07, 6.45) is 8.33. The van der Waals surface area contributed by atoms with Crippen molar-refractivity contribution in [2.24, 2.45) is 10.7 Å². The number of benzene rings is 1. The van der Waals surface area contributed by atoms with E-state index in [9.17, 15) is 9.18 Å². The molecule has 1 amide bonds. The van der Waals surface area contributed by atoms with Crippen molar-refractivity contribution in [1.29, 1.82) is 0 Å². The predicted molar refractivity (Wildman–Crippen MR) is 128 cm³/mol. The third kappa shape index (κ3) is 6.96. The molecule has 0 spiro atoms. The molecule has 10 heteroatoms. The molecule has 0 aliphatic heterocycles. The van der Waals surface area contributed by atoms with Crippen molar-refractivity contribution >= 4 is 30.6 Å². The van der Waals surface area contributed by atoms with E-state index >= 15 is 0 Å². The highest BCUT2D eigenvalue weighted by Gasteiger charge is 2.28. The molecule has 3 N–H and O–H groups in total. The zero-order chi connectivity index (χ0) is 23.6. The molecular weight excluding hydrogens is 429 g/mol. The third-order valence-corrected chi connectivity index (χ3v) is 5.41. The number of nitrogens with one attached hydrogen (secondary N) is 1. The number of halogens is 1. The number of hydrogen-bond donors (Lipinski definition) is 2. The fourth-order valence-electron chi connectivity index (χ4n) is 2.79. The molecule has 0 saturated heterocycles. The van der Waals surface area contributed by atoms with Crippen LogP contribution >= 0.6 is 11.8 Å². The quantitative estimate of drug-likeness (QED) is 0.220. The molecular formula is C22H28FN7OS. The van der Waals surface area contributed by atoms with E-state index in [0.29, 0.717) is 30.0 Å². The molecule has 8 nitrogen and oxygen atoms in total. The summed E-state index contributed by atoms with van der Waals surface area (Å²) in [5, 5.41) is 6.63. The number of rotatable bonds is 9. The Balaban J connectivity index is 0.000000242. The molecule has 0 aliphatic rings. The normalized spacial score (nSPS) is 12.3. The van der Waals surface area contributed by atoms with Crippen molar-refractivity contribution in [3.63, 3.8) is 0 Å². The zero-order valence-corrected chi connectivity index (χ0v) is 19.3.